The van der Waals surface area contributed by atoms with E-state index in [9.17, 15) is 8.78 Å². The van der Waals surface area contributed by atoms with Crippen molar-refractivity contribution in [2.24, 2.45) is 0 Å². The van der Waals surface area contributed by atoms with E-state index in [0.717, 1.165) is 5.56 Å². The van der Waals surface area contributed by atoms with Crippen molar-refractivity contribution in [2.45, 2.75) is 25.9 Å². The predicted molar refractivity (Wildman–Crippen MR) is 82.8 cm³/mol. The molecule has 2 rings (SSSR count). The fourth-order valence-electron chi connectivity index (χ4n) is 2.21. The molecule has 2 aromatic carbocycles. The summed E-state index contributed by atoms with van der Waals surface area (Å²) in [6.45, 7) is 3.77. The van der Waals surface area contributed by atoms with Gasteiger partial charge in [0.2, 0.25) is 0 Å². The minimum absolute atomic E-state index is 0.00544. The Bertz CT molecular complexity index is 646. The largest absolute Gasteiger partial charge is 0.304 e. The van der Waals surface area contributed by atoms with E-state index in [1.165, 1.54) is 24.3 Å². The molecule has 0 saturated carbocycles. The topological polar surface area (TPSA) is 12.0 Å². The van der Waals surface area contributed by atoms with E-state index in [4.69, 9.17) is 23.2 Å². The van der Waals surface area contributed by atoms with Crippen LogP contribution in [0.25, 0.3) is 0 Å². The van der Waals surface area contributed by atoms with Crippen LogP contribution in [-0.2, 0) is 0 Å². The van der Waals surface area contributed by atoms with Crippen LogP contribution >= 0.6 is 23.2 Å². The number of halogens is 4. The molecule has 0 radical (unpaired) electrons. The molecule has 0 aliphatic heterocycles. The van der Waals surface area contributed by atoms with Gasteiger partial charge in [0.25, 0.3) is 0 Å². The Morgan fingerprint density at radius 1 is 0.952 bits per heavy atom. The van der Waals surface area contributed by atoms with Gasteiger partial charge in [-0.1, -0.05) is 35.3 Å². The third-order valence-corrected chi connectivity index (χ3v) is 3.97. The zero-order valence-corrected chi connectivity index (χ0v) is 13.1. The highest BCUT2D eigenvalue weighted by Crippen LogP contribution is 2.30. The van der Waals surface area contributed by atoms with E-state index < -0.39 is 5.82 Å². The molecule has 1 N–H and O–H groups in total. The van der Waals surface area contributed by atoms with Gasteiger partial charge in [-0.05, 0) is 49.2 Å². The summed E-state index contributed by atoms with van der Waals surface area (Å²) in [5.41, 5.74) is 1.43. The standard InChI is InChI=1S/C16H15Cl2F2N/c1-9(11-4-3-5-12(19)6-11)21-10(2)13-7-16(20)15(18)8-14(13)17/h3-10,21H,1-2H3/t9-,10?/m1/s1. The number of hydrogen-bond acceptors (Lipinski definition) is 1. The van der Waals surface area contributed by atoms with Crippen molar-refractivity contribution in [3.05, 3.63) is 69.2 Å². The van der Waals surface area contributed by atoms with Crippen LogP contribution in [0.4, 0.5) is 8.78 Å². The zero-order chi connectivity index (χ0) is 15.6. The Kier molecular flexibility index (Phi) is 5.20. The maximum atomic E-state index is 13.6. The average Bonchev–Trinajstić information content (AvgIpc) is 2.42. The zero-order valence-electron chi connectivity index (χ0n) is 11.6. The summed E-state index contributed by atoms with van der Waals surface area (Å²) in [4.78, 5) is 0. The highest BCUT2D eigenvalue weighted by Gasteiger charge is 2.16. The Morgan fingerprint density at radius 3 is 2.33 bits per heavy atom. The van der Waals surface area contributed by atoms with Crippen molar-refractivity contribution in [3.8, 4) is 0 Å². The number of nitrogens with one attached hydrogen (secondary N) is 1. The lowest BCUT2D eigenvalue weighted by Gasteiger charge is -2.22. The van der Waals surface area contributed by atoms with Crippen LogP contribution in [-0.4, -0.2) is 0 Å². The monoisotopic (exact) mass is 329 g/mol. The molecule has 0 fully saturated rings. The molecule has 0 bridgehead atoms. The molecule has 112 valence electrons. The Morgan fingerprint density at radius 2 is 1.67 bits per heavy atom. The van der Waals surface area contributed by atoms with Crippen LogP contribution in [0.2, 0.25) is 10.0 Å². The van der Waals surface area contributed by atoms with Gasteiger partial charge in [0.1, 0.15) is 11.6 Å². The highest BCUT2D eigenvalue weighted by atomic mass is 35.5. The maximum absolute atomic E-state index is 13.6. The summed E-state index contributed by atoms with van der Waals surface area (Å²) in [5.74, 6) is -0.799. The molecule has 0 saturated heterocycles. The number of rotatable bonds is 4. The molecule has 0 heterocycles. The highest BCUT2D eigenvalue weighted by molar-refractivity contribution is 6.35. The van der Waals surface area contributed by atoms with E-state index >= 15 is 0 Å². The summed E-state index contributed by atoms with van der Waals surface area (Å²) < 4.78 is 26.8. The second-order valence-corrected chi connectivity index (χ2v) is 5.77. The molecule has 0 amide bonds. The second-order valence-electron chi connectivity index (χ2n) is 4.95. The Labute approximate surface area is 132 Å². The van der Waals surface area contributed by atoms with Crippen LogP contribution in [0.15, 0.2) is 36.4 Å². The van der Waals surface area contributed by atoms with Crippen molar-refractivity contribution in [1.82, 2.24) is 5.32 Å². The first-order valence-electron chi connectivity index (χ1n) is 6.54. The molecule has 0 aromatic heterocycles. The van der Waals surface area contributed by atoms with E-state index in [0.29, 0.717) is 10.6 Å². The lowest BCUT2D eigenvalue weighted by atomic mass is 10.0. The molecule has 5 heteroatoms. The van der Waals surface area contributed by atoms with Crippen molar-refractivity contribution in [3.63, 3.8) is 0 Å². The van der Waals surface area contributed by atoms with Crippen LogP contribution in [0.3, 0.4) is 0 Å². The number of hydrogen-bond donors (Lipinski definition) is 1. The molecule has 2 atom stereocenters. The van der Waals surface area contributed by atoms with Crippen LogP contribution in [0.5, 0.6) is 0 Å². The molecule has 0 aliphatic carbocycles. The summed E-state index contributed by atoms with van der Waals surface area (Å²) in [6.07, 6.45) is 0. The van der Waals surface area contributed by atoms with Crippen LogP contribution in [0, 0.1) is 11.6 Å². The molecule has 1 nitrogen and oxygen atoms in total. The normalized spacial score (nSPS) is 14.0. The minimum Gasteiger partial charge on any atom is -0.304 e. The third-order valence-electron chi connectivity index (χ3n) is 3.35. The summed E-state index contributed by atoms with van der Waals surface area (Å²) >= 11 is 11.8. The van der Waals surface area contributed by atoms with Crippen molar-refractivity contribution in [2.75, 3.05) is 0 Å². The fraction of sp³-hybridized carbons (Fsp3) is 0.250. The molecular formula is C16H15Cl2F2N. The minimum atomic E-state index is -0.511. The molecular weight excluding hydrogens is 315 g/mol. The van der Waals surface area contributed by atoms with Gasteiger partial charge in [-0.25, -0.2) is 8.78 Å². The fourth-order valence-corrected chi connectivity index (χ4v) is 2.75. The van der Waals surface area contributed by atoms with Gasteiger partial charge in [0.15, 0.2) is 0 Å². The van der Waals surface area contributed by atoms with Gasteiger partial charge in [-0.3, -0.25) is 0 Å². The Balaban J connectivity index is 2.18. The Hall–Kier alpha value is -1.16. The lowest BCUT2D eigenvalue weighted by molar-refractivity contribution is 0.489. The van der Waals surface area contributed by atoms with Gasteiger partial charge in [-0.2, -0.15) is 0 Å². The number of benzene rings is 2. The maximum Gasteiger partial charge on any atom is 0.142 e. The summed E-state index contributed by atoms with van der Waals surface area (Å²) in [5, 5.41) is 3.66. The molecule has 0 spiro atoms. The molecule has 0 aliphatic rings. The van der Waals surface area contributed by atoms with Crippen LogP contribution in [0.1, 0.15) is 37.1 Å². The second kappa shape index (κ2) is 6.73. The van der Waals surface area contributed by atoms with Crippen molar-refractivity contribution in [1.29, 1.82) is 0 Å². The van der Waals surface area contributed by atoms with Gasteiger partial charge in [0, 0.05) is 17.1 Å². The molecule has 21 heavy (non-hydrogen) atoms. The first kappa shape index (κ1) is 16.2. The van der Waals surface area contributed by atoms with E-state index in [2.05, 4.69) is 5.32 Å². The SMILES string of the molecule is CC(N[C@H](C)c1cccc(F)c1)c1cc(F)c(Cl)cc1Cl. The smallest absolute Gasteiger partial charge is 0.142 e. The predicted octanol–water partition coefficient (Wildman–Crippen LogP) is 5.68. The van der Waals surface area contributed by atoms with E-state index in [-0.39, 0.29) is 22.9 Å². The van der Waals surface area contributed by atoms with Gasteiger partial charge in [-0.15, -0.1) is 0 Å². The summed E-state index contributed by atoms with van der Waals surface area (Å²) in [6, 6.07) is 8.74. The van der Waals surface area contributed by atoms with E-state index in [1.807, 2.05) is 19.9 Å². The van der Waals surface area contributed by atoms with Crippen LogP contribution < -0.4 is 5.32 Å². The molecule has 2 aromatic rings. The first-order chi connectivity index (χ1) is 9.88. The quantitative estimate of drug-likeness (QED) is 0.711. The first-order valence-corrected chi connectivity index (χ1v) is 7.30. The van der Waals surface area contributed by atoms with Gasteiger partial charge < -0.3 is 5.32 Å². The van der Waals surface area contributed by atoms with Gasteiger partial charge >= 0.3 is 0 Å². The van der Waals surface area contributed by atoms with Gasteiger partial charge in [0.05, 0.1) is 5.02 Å². The van der Waals surface area contributed by atoms with Crippen molar-refractivity contribution >= 4 is 23.2 Å². The van der Waals surface area contributed by atoms with E-state index in [1.54, 1.807) is 6.07 Å². The summed E-state index contributed by atoms with van der Waals surface area (Å²) in [7, 11) is 0. The lowest BCUT2D eigenvalue weighted by Crippen LogP contribution is -2.23. The van der Waals surface area contributed by atoms with Crippen molar-refractivity contribution < 1.29 is 8.78 Å². The molecule has 1 unspecified atom stereocenters. The third kappa shape index (κ3) is 3.94. The average molecular weight is 330 g/mol.